The van der Waals surface area contributed by atoms with Crippen molar-refractivity contribution in [1.29, 1.82) is 0 Å². The summed E-state index contributed by atoms with van der Waals surface area (Å²) in [5, 5.41) is 15.0. The van der Waals surface area contributed by atoms with Gasteiger partial charge in [-0.05, 0) is 44.4 Å². The van der Waals surface area contributed by atoms with Crippen LogP contribution in [-0.2, 0) is 0 Å². The monoisotopic (exact) mass is 293 g/mol. The molecule has 1 rings (SSSR count). The van der Waals surface area contributed by atoms with Gasteiger partial charge >= 0.3 is 6.03 Å². The predicted molar refractivity (Wildman–Crippen MR) is 87.9 cm³/mol. The Morgan fingerprint density at radius 2 is 2.10 bits per heavy atom. The SMILES string of the molecule is CCN(C)c1cccc(NC(=O)NCC(C)CC(C)O)c1. The minimum Gasteiger partial charge on any atom is -0.393 e. The number of anilines is 2. The topological polar surface area (TPSA) is 64.6 Å². The van der Waals surface area contributed by atoms with Gasteiger partial charge in [0.05, 0.1) is 6.10 Å². The highest BCUT2D eigenvalue weighted by Gasteiger charge is 2.09. The van der Waals surface area contributed by atoms with Crippen LogP contribution in [-0.4, -0.2) is 37.4 Å². The van der Waals surface area contributed by atoms with Gasteiger partial charge < -0.3 is 20.6 Å². The van der Waals surface area contributed by atoms with Crippen LogP contribution in [0.3, 0.4) is 0 Å². The van der Waals surface area contributed by atoms with Crippen LogP contribution in [0.15, 0.2) is 24.3 Å². The van der Waals surface area contributed by atoms with E-state index in [0.717, 1.165) is 17.9 Å². The molecule has 21 heavy (non-hydrogen) atoms. The summed E-state index contributed by atoms with van der Waals surface area (Å²) in [6.07, 6.45) is 0.336. The highest BCUT2D eigenvalue weighted by molar-refractivity contribution is 5.89. The standard InChI is InChI=1S/C16H27N3O2/c1-5-19(4)15-8-6-7-14(10-15)18-16(21)17-11-12(2)9-13(3)20/h6-8,10,12-13,20H,5,9,11H2,1-4H3,(H2,17,18,21). The van der Waals surface area contributed by atoms with Crippen LogP contribution in [0.25, 0.3) is 0 Å². The second-order valence-electron chi connectivity index (χ2n) is 5.59. The summed E-state index contributed by atoms with van der Waals surface area (Å²) >= 11 is 0. The molecule has 0 bridgehead atoms. The van der Waals surface area contributed by atoms with Crippen LogP contribution in [0.2, 0.25) is 0 Å². The van der Waals surface area contributed by atoms with Crippen molar-refractivity contribution in [2.24, 2.45) is 5.92 Å². The number of urea groups is 1. The Hall–Kier alpha value is -1.75. The van der Waals surface area contributed by atoms with Crippen LogP contribution in [0, 0.1) is 5.92 Å². The van der Waals surface area contributed by atoms with Crippen molar-refractivity contribution in [2.45, 2.75) is 33.3 Å². The minimum atomic E-state index is -0.342. The fraction of sp³-hybridized carbons (Fsp3) is 0.562. The Morgan fingerprint density at radius 1 is 1.38 bits per heavy atom. The molecular weight excluding hydrogens is 266 g/mol. The second-order valence-corrected chi connectivity index (χ2v) is 5.59. The maximum atomic E-state index is 11.9. The lowest BCUT2D eigenvalue weighted by atomic mass is 10.1. The third-order valence-corrected chi connectivity index (χ3v) is 3.37. The first-order valence-electron chi connectivity index (χ1n) is 7.46. The van der Waals surface area contributed by atoms with Crippen molar-refractivity contribution in [1.82, 2.24) is 5.32 Å². The van der Waals surface area contributed by atoms with E-state index in [1.54, 1.807) is 6.92 Å². The molecule has 118 valence electrons. The molecular formula is C16H27N3O2. The second kappa shape index (κ2) is 8.52. The molecule has 0 heterocycles. The number of hydrogen-bond donors (Lipinski definition) is 3. The molecule has 0 aliphatic rings. The lowest BCUT2D eigenvalue weighted by Gasteiger charge is -2.18. The third kappa shape index (κ3) is 6.49. The minimum absolute atomic E-state index is 0.219. The molecule has 2 unspecified atom stereocenters. The highest BCUT2D eigenvalue weighted by Crippen LogP contribution is 2.18. The van der Waals surface area contributed by atoms with Gasteiger partial charge in [-0.15, -0.1) is 0 Å². The number of carbonyl (C=O) groups excluding carboxylic acids is 1. The zero-order valence-electron chi connectivity index (χ0n) is 13.4. The average Bonchev–Trinajstić information content (AvgIpc) is 2.44. The molecule has 0 saturated carbocycles. The summed E-state index contributed by atoms with van der Waals surface area (Å²) in [7, 11) is 2.01. The first-order valence-corrected chi connectivity index (χ1v) is 7.46. The predicted octanol–water partition coefficient (Wildman–Crippen LogP) is 2.67. The van der Waals surface area contributed by atoms with Crippen molar-refractivity contribution >= 4 is 17.4 Å². The summed E-state index contributed by atoms with van der Waals surface area (Å²) in [4.78, 5) is 14.0. The number of carbonyl (C=O) groups is 1. The van der Waals surface area contributed by atoms with Crippen molar-refractivity contribution in [2.75, 3.05) is 30.4 Å². The summed E-state index contributed by atoms with van der Waals surface area (Å²) in [6.45, 7) is 7.30. The molecule has 5 heteroatoms. The van der Waals surface area contributed by atoms with E-state index in [0.29, 0.717) is 13.0 Å². The molecule has 0 radical (unpaired) electrons. The number of rotatable bonds is 7. The molecule has 0 fully saturated rings. The van der Waals surface area contributed by atoms with E-state index >= 15 is 0 Å². The zero-order valence-corrected chi connectivity index (χ0v) is 13.4. The summed E-state index contributed by atoms with van der Waals surface area (Å²) in [5.41, 5.74) is 1.84. The van der Waals surface area contributed by atoms with Gasteiger partial charge in [0.25, 0.3) is 0 Å². The molecule has 0 aromatic heterocycles. The van der Waals surface area contributed by atoms with E-state index in [4.69, 9.17) is 0 Å². The zero-order chi connectivity index (χ0) is 15.8. The first-order chi connectivity index (χ1) is 9.92. The molecule has 1 aromatic carbocycles. The Labute approximate surface area is 127 Å². The van der Waals surface area contributed by atoms with Gasteiger partial charge in [0.15, 0.2) is 0 Å². The van der Waals surface area contributed by atoms with Crippen molar-refractivity contribution < 1.29 is 9.90 Å². The van der Waals surface area contributed by atoms with E-state index in [2.05, 4.69) is 22.5 Å². The van der Waals surface area contributed by atoms with Crippen LogP contribution in [0.5, 0.6) is 0 Å². The summed E-state index contributed by atoms with van der Waals surface area (Å²) < 4.78 is 0. The van der Waals surface area contributed by atoms with Crippen molar-refractivity contribution in [3.8, 4) is 0 Å². The third-order valence-electron chi connectivity index (χ3n) is 3.37. The van der Waals surface area contributed by atoms with Crippen LogP contribution in [0.1, 0.15) is 27.2 Å². The smallest absolute Gasteiger partial charge is 0.319 e. The van der Waals surface area contributed by atoms with Crippen molar-refractivity contribution in [3.05, 3.63) is 24.3 Å². The van der Waals surface area contributed by atoms with Crippen molar-refractivity contribution in [3.63, 3.8) is 0 Å². The molecule has 0 aliphatic carbocycles. The lowest BCUT2D eigenvalue weighted by Crippen LogP contribution is -2.33. The van der Waals surface area contributed by atoms with Gasteiger partial charge in [0.2, 0.25) is 0 Å². The number of aliphatic hydroxyl groups excluding tert-OH is 1. The number of benzene rings is 1. The van der Waals surface area contributed by atoms with E-state index in [1.807, 2.05) is 38.2 Å². The summed E-state index contributed by atoms with van der Waals surface area (Å²) in [6, 6.07) is 7.53. The van der Waals surface area contributed by atoms with Gasteiger partial charge in [-0.3, -0.25) is 0 Å². The van der Waals surface area contributed by atoms with E-state index in [-0.39, 0.29) is 18.1 Å². The normalized spacial score (nSPS) is 13.4. The number of hydrogen-bond acceptors (Lipinski definition) is 3. The van der Waals surface area contributed by atoms with Gasteiger partial charge in [0.1, 0.15) is 0 Å². The van der Waals surface area contributed by atoms with Gasteiger partial charge in [-0.2, -0.15) is 0 Å². The van der Waals surface area contributed by atoms with E-state index < -0.39 is 0 Å². The van der Waals surface area contributed by atoms with E-state index in [9.17, 15) is 9.90 Å². The lowest BCUT2D eigenvalue weighted by molar-refractivity contribution is 0.163. The van der Waals surface area contributed by atoms with Crippen LogP contribution >= 0.6 is 0 Å². The Bertz CT molecular complexity index is 449. The van der Waals surface area contributed by atoms with E-state index in [1.165, 1.54) is 0 Å². The maximum absolute atomic E-state index is 11.9. The number of aliphatic hydroxyl groups is 1. The van der Waals surface area contributed by atoms with Gasteiger partial charge in [-0.25, -0.2) is 4.79 Å². The Balaban J connectivity index is 2.48. The summed E-state index contributed by atoms with van der Waals surface area (Å²) in [5.74, 6) is 0.244. The molecule has 0 spiro atoms. The molecule has 0 saturated heterocycles. The number of nitrogens with zero attached hydrogens (tertiary/aromatic N) is 1. The Morgan fingerprint density at radius 3 is 2.71 bits per heavy atom. The highest BCUT2D eigenvalue weighted by atomic mass is 16.3. The average molecular weight is 293 g/mol. The van der Waals surface area contributed by atoms with Gasteiger partial charge in [0, 0.05) is 31.5 Å². The molecule has 2 atom stereocenters. The van der Waals surface area contributed by atoms with Crippen LogP contribution in [0.4, 0.5) is 16.2 Å². The Kier molecular flexibility index (Phi) is 7.02. The molecule has 1 aromatic rings. The number of amides is 2. The maximum Gasteiger partial charge on any atom is 0.319 e. The van der Waals surface area contributed by atoms with Gasteiger partial charge in [-0.1, -0.05) is 13.0 Å². The number of nitrogens with one attached hydrogen (secondary N) is 2. The fourth-order valence-electron chi connectivity index (χ4n) is 2.11. The first kappa shape index (κ1) is 17.3. The largest absolute Gasteiger partial charge is 0.393 e. The van der Waals surface area contributed by atoms with Crippen LogP contribution < -0.4 is 15.5 Å². The molecule has 5 nitrogen and oxygen atoms in total. The molecule has 3 N–H and O–H groups in total. The molecule has 2 amide bonds. The quantitative estimate of drug-likeness (QED) is 0.724. The fourth-order valence-corrected chi connectivity index (χ4v) is 2.11. The molecule has 0 aliphatic heterocycles.